The van der Waals surface area contributed by atoms with Crippen LogP contribution in [0.4, 0.5) is 5.69 Å². The number of hydrogen-bond donors (Lipinski definition) is 1. The van der Waals surface area contributed by atoms with Crippen molar-refractivity contribution in [2.75, 3.05) is 39.1 Å². The number of anilines is 1. The van der Waals surface area contributed by atoms with Crippen molar-refractivity contribution in [2.24, 2.45) is 0 Å². The van der Waals surface area contributed by atoms with Crippen LogP contribution in [0.1, 0.15) is 34.6 Å². The molecule has 0 aliphatic heterocycles. The van der Waals surface area contributed by atoms with Gasteiger partial charge in [0.15, 0.2) is 0 Å². The van der Waals surface area contributed by atoms with E-state index in [9.17, 15) is 9.59 Å². The highest BCUT2D eigenvalue weighted by Gasteiger charge is 2.21. The number of methoxy groups -OCH3 is 1. The Morgan fingerprint density at radius 2 is 1.82 bits per heavy atom. The predicted octanol–water partition coefficient (Wildman–Crippen LogP) is 1.98. The molecule has 22 heavy (non-hydrogen) atoms. The Labute approximate surface area is 137 Å². The molecular weight excluding hydrogens is 308 g/mol. The lowest BCUT2D eigenvalue weighted by atomic mass is 10.1. The highest BCUT2D eigenvalue weighted by Crippen LogP contribution is 2.19. The van der Waals surface area contributed by atoms with Gasteiger partial charge in [-0.05, 0) is 25.2 Å². The van der Waals surface area contributed by atoms with Crippen LogP contribution < -0.4 is 5.73 Å². The molecule has 0 aliphatic rings. The van der Waals surface area contributed by atoms with Crippen molar-refractivity contribution < 1.29 is 19.1 Å². The molecule has 0 heterocycles. The number of nitrogens with two attached hydrogens (primary N) is 1. The van der Waals surface area contributed by atoms with Crippen LogP contribution in [0.25, 0.3) is 0 Å². The number of carbonyl (C=O) groups excluding carboxylic acids is 2. The summed E-state index contributed by atoms with van der Waals surface area (Å²) in [5.41, 5.74) is 6.15. The first-order valence-corrected chi connectivity index (χ1v) is 6.91. The second-order valence-electron chi connectivity index (χ2n) is 4.42. The molecule has 0 atom stereocenters. The number of nitrogens with zero attached hydrogens (tertiary/aromatic N) is 1. The average molecular weight is 331 g/mol. The number of likely N-dealkylation sites (N-methyl/N-ethyl adjacent to an activating group) is 1. The fourth-order valence-corrected chi connectivity index (χ4v) is 1.96. The number of ether oxygens (including phenoxy) is 2. The molecule has 0 amide bonds. The number of benzene rings is 1. The molecule has 0 saturated heterocycles. The zero-order valence-corrected chi connectivity index (χ0v) is 13.9. The summed E-state index contributed by atoms with van der Waals surface area (Å²) < 4.78 is 9.86. The molecule has 0 spiro atoms. The summed E-state index contributed by atoms with van der Waals surface area (Å²) in [6, 6.07) is 4.63. The second-order valence-corrected chi connectivity index (χ2v) is 4.42. The van der Waals surface area contributed by atoms with Crippen LogP contribution in [0.3, 0.4) is 0 Å². The van der Waals surface area contributed by atoms with Crippen molar-refractivity contribution in [2.45, 2.75) is 13.8 Å². The van der Waals surface area contributed by atoms with Gasteiger partial charge >= 0.3 is 11.9 Å². The number of hydrogen-bond acceptors (Lipinski definition) is 6. The zero-order chi connectivity index (χ0) is 15.8. The third-order valence-electron chi connectivity index (χ3n) is 3.24. The third kappa shape index (κ3) is 5.20. The van der Waals surface area contributed by atoms with Gasteiger partial charge < -0.3 is 20.1 Å². The fraction of sp³-hybridized carbons (Fsp3) is 0.467. The first kappa shape index (κ1) is 20.2. The van der Waals surface area contributed by atoms with E-state index in [4.69, 9.17) is 10.5 Å². The summed E-state index contributed by atoms with van der Waals surface area (Å²) in [7, 11) is 1.25. The molecule has 6 nitrogen and oxygen atoms in total. The van der Waals surface area contributed by atoms with Crippen molar-refractivity contribution in [3.05, 3.63) is 29.3 Å². The van der Waals surface area contributed by atoms with Gasteiger partial charge in [0.1, 0.15) is 6.61 Å². The van der Waals surface area contributed by atoms with Gasteiger partial charge in [-0.15, -0.1) is 12.4 Å². The molecule has 2 N–H and O–H groups in total. The van der Waals surface area contributed by atoms with Gasteiger partial charge in [-0.25, -0.2) is 9.59 Å². The van der Waals surface area contributed by atoms with Gasteiger partial charge in [0, 0.05) is 12.2 Å². The standard InChI is InChI=1S/C15H22N2O4.ClH/c1-4-17(5-2)9-10-21-15(19)13-11(14(18)20-3)7-6-8-12(13)16;/h6-8H,4-5,9-10,16H2,1-3H3;1H. The third-order valence-corrected chi connectivity index (χ3v) is 3.24. The predicted molar refractivity (Wildman–Crippen MR) is 87.5 cm³/mol. The van der Waals surface area contributed by atoms with E-state index in [1.54, 1.807) is 12.1 Å². The summed E-state index contributed by atoms with van der Waals surface area (Å²) in [5, 5.41) is 0. The van der Waals surface area contributed by atoms with E-state index in [1.807, 2.05) is 13.8 Å². The Bertz CT molecular complexity index is 504. The normalized spacial score (nSPS) is 10.0. The Morgan fingerprint density at radius 1 is 1.18 bits per heavy atom. The lowest BCUT2D eigenvalue weighted by molar-refractivity contribution is 0.0453. The quantitative estimate of drug-likeness (QED) is 0.608. The van der Waals surface area contributed by atoms with Gasteiger partial charge in [0.05, 0.1) is 18.2 Å². The van der Waals surface area contributed by atoms with E-state index in [-0.39, 0.29) is 35.8 Å². The molecule has 0 saturated carbocycles. The maximum atomic E-state index is 12.1. The SMILES string of the molecule is CCN(CC)CCOC(=O)c1c(N)cccc1C(=O)OC.Cl. The molecule has 1 aromatic rings. The van der Waals surface area contributed by atoms with Crippen LogP contribution in [-0.4, -0.2) is 50.2 Å². The molecule has 0 unspecified atom stereocenters. The summed E-state index contributed by atoms with van der Waals surface area (Å²) >= 11 is 0. The lowest BCUT2D eigenvalue weighted by Crippen LogP contribution is -2.28. The maximum Gasteiger partial charge on any atom is 0.341 e. The minimum absolute atomic E-state index is 0. The first-order valence-electron chi connectivity index (χ1n) is 6.91. The van der Waals surface area contributed by atoms with Gasteiger partial charge in [0.25, 0.3) is 0 Å². The number of nitrogen functional groups attached to an aromatic ring is 1. The van der Waals surface area contributed by atoms with Crippen molar-refractivity contribution in [3.63, 3.8) is 0 Å². The van der Waals surface area contributed by atoms with Crippen LogP contribution in [0, 0.1) is 0 Å². The molecule has 124 valence electrons. The lowest BCUT2D eigenvalue weighted by Gasteiger charge is -2.18. The van der Waals surface area contributed by atoms with Crippen molar-refractivity contribution in [3.8, 4) is 0 Å². The molecule has 0 bridgehead atoms. The van der Waals surface area contributed by atoms with E-state index in [0.29, 0.717) is 6.54 Å². The Balaban J connectivity index is 0.00000441. The zero-order valence-electron chi connectivity index (χ0n) is 13.1. The molecule has 0 aliphatic carbocycles. The number of esters is 2. The van der Waals surface area contributed by atoms with Crippen molar-refractivity contribution >= 4 is 30.0 Å². The molecule has 7 heteroatoms. The minimum atomic E-state index is -0.613. The van der Waals surface area contributed by atoms with E-state index in [2.05, 4.69) is 9.64 Å². The maximum absolute atomic E-state index is 12.1. The molecule has 1 aromatic carbocycles. The molecule has 0 radical (unpaired) electrons. The number of halogens is 1. The number of carbonyl (C=O) groups is 2. The largest absolute Gasteiger partial charge is 0.465 e. The van der Waals surface area contributed by atoms with Crippen LogP contribution in [0.5, 0.6) is 0 Å². The van der Waals surface area contributed by atoms with E-state index < -0.39 is 11.9 Å². The van der Waals surface area contributed by atoms with Crippen LogP contribution in [0.15, 0.2) is 18.2 Å². The molecule has 0 aromatic heterocycles. The first-order chi connectivity index (χ1) is 10.0. The second kappa shape index (κ2) is 10.0. The summed E-state index contributed by atoms with van der Waals surface area (Å²) in [5.74, 6) is -1.22. The van der Waals surface area contributed by atoms with Gasteiger partial charge in [-0.1, -0.05) is 19.9 Å². The van der Waals surface area contributed by atoms with E-state index in [1.165, 1.54) is 13.2 Å². The number of rotatable bonds is 7. The van der Waals surface area contributed by atoms with Gasteiger partial charge in [-0.3, -0.25) is 0 Å². The highest BCUT2D eigenvalue weighted by molar-refractivity contribution is 6.06. The van der Waals surface area contributed by atoms with Crippen molar-refractivity contribution in [1.82, 2.24) is 4.90 Å². The summed E-state index contributed by atoms with van der Waals surface area (Å²) in [6.07, 6.45) is 0. The average Bonchev–Trinajstić information content (AvgIpc) is 2.50. The highest BCUT2D eigenvalue weighted by atomic mass is 35.5. The Kier molecular flexibility index (Phi) is 9.21. The monoisotopic (exact) mass is 330 g/mol. The summed E-state index contributed by atoms with van der Waals surface area (Å²) in [4.78, 5) is 25.9. The van der Waals surface area contributed by atoms with Gasteiger partial charge in [0.2, 0.25) is 0 Å². The topological polar surface area (TPSA) is 81.9 Å². The van der Waals surface area contributed by atoms with Crippen LogP contribution >= 0.6 is 12.4 Å². The molecular formula is C15H23ClN2O4. The minimum Gasteiger partial charge on any atom is -0.465 e. The van der Waals surface area contributed by atoms with Crippen LogP contribution in [0.2, 0.25) is 0 Å². The van der Waals surface area contributed by atoms with Gasteiger partial charge in [-0.2, -0.15) is 0 Å². The Hall–Kier alpha value is -1.79. The molecule has 0 fully saturated rings. The summed E-state index contributed by atoms with van der Waals surface area (Å²) in [6.45, 7) is 6.73. The fourth-order valence-electron chi connectivity index (χ4n) is 1.96. The van der Waals surface area contributed by atoms with Crippen molar-refractivity contribution in [1.29, 1.82) is 0 Å². The molecule has 1 rings (SSSR count). The van der Waals surface area contributed by atoms with E-state index >= 15 is 0 Å². The Morgan fingerprint density at radius 3 is 2.36 bits per heavy atom. The smallest absolute Gasteiger partial charge is 0.341 e. The van der Waals surface area contributed by atoms with Crippen LogP contribution in [-0.2, 0) is 9.47 Å². The van der Waals surface area contributed by atoms with E-state index in [0.717, 1.165) is 13.1 Å².